The average Bonchev–Trinajstić information content (AvgIpc) is 2.27. The van der Waals surface area contributed by atoms with Crippen LogP contribution in [0, 0.1) is 11.8 Å². The van der Waals surface area contributed by atoms with Crippen molar-refractivity contribution in [3.63, 3.8) is 0 Å². The van der Waals surface area contributed by atoms with Gasteiger partial charge in [-0.05, 0) is 11.8 Å². The van der Waals surface area contributed by atoms with Crippen LogP contribution in [0.1, 0.15) is 27.7 Å². The van der Waals surface area contributed by atoms with Crippen molar-refractivity contribution in [2.75, 3.05) is 6.61 Å². The summed E-state index contributed by atoms with van der Waals surface area (Å²) in [7, 11) is 0. The maximum Gasteiger partial charge on any atom is 0.302 e. The average molecular weight is 278 g/mol. The summed E-state index contributed by atoms with van der Waals surface area (Å²) in [4.78, 5) is 21.9. The molecule has 1 saturated heterocycles. The quantitative estimate of drug-likeness (QED) is 0.624. The van der Waals surface area contributed by atoms with Gasteiger partial charge in [0.1, 0.15) is 6.61 Å². The molecule has 0 bridgehead atoms. The van der Waals surface area contributed by atoms with Gasteiger partial charge in [0, 0.05) is 13.8 Å². The van der Waals surface area contributed by atoms with Gasteiger partial charge in [0.25, 0.3) is 0 Å². The highest BCUT2D eigenvalue weighted by Gasteiger charge is 2.41. The van der Waals surface area contributed by atoms with Crippen molar-refractivity contribution in [3.8, 4) is 0 Å². The first-order chi connectivity index (χ1) is 8.32. The Kier molecular flexibility index (Phi) is 5.41. The summed E-state index contributed by atoms with van der Waals surface area (Å²) in [5.41, 5.74) is -0.611. The Morgan fingerprint density at radius 2 is 1.89 bits per heavy atom. The second kappa shape index (κ2) is 6.38. The summed E-state index contributed by atoms with van der Waals surface area (Å²) in [6.45, 7) is 7.00. The zero-order valence-corrected chi connectivity index (χ0v) is 11.9. The van der Waals surface area contributed by atoms with Crippen LogP contribution in [-0.4, -0.2) is 36.2 Å². The molecule has 0 aliphatic carbocycles. The number of nitrogens with one attached hydrogen (secondary N) is 1. The monoisotopic (exact) mass is 277 g/mol. The third-order valence-electron chi connectivity index (χ3n) is 3.39. The summed E-state index contributed by atoms with van der Waals surface area (Å²) >= 11 is 6.12. The van der Waals surface area contributed by atoms with Gasteiger partial charge in [-0.1, -0.05) is 25.4 Å². The molecule has 0 spiro atoms. The second-order valence-electron chi connectivity index (χ2n) is 4.77. The highest BCUT2D eigenvalue weighted by Crippen LogP contribution is 2.32. The number of amides is 1. The molecular formula is C12H20ClNO4. The van der Waals surface area contributed by atoms with Crippen molar-refractivity contribution in [3.05, 3.63) is 0 Å². The fraction of sp³-hybridized carbons (Fsp3) is 0.833. The normalized spacial score (nSPS) is 35.9. The van der Waals surface area contributed by atoms with Gasteiger partial charge in [-0.3, -0.25) is 9.59 Å². The van der Waals surface area contributed by atoms with E-state index in [2.05, 4.69) is 5.32 Å². The molecule has 1 amide bonds. The van der Waals surface area contributed by atoms with Crippen LogP contribution >= 0.6 is 11.6 Å². The summed E-state index contributed by atoms with van der Waals surface area (Å²) in [6.07, 6.45) is -0.239. The number of carbonyl (C=O) groups excluding carboxylic acids is 2. The van der Waals surface area contributed by atoms with Gasteiger partial charge in [0.15, 0.2) is 5.56 Å². The van der Waals surface area contributed by atoms with Gasteiger partial charge < -0.3 is 14.8 Å². The molecular weight excluding hydrogens is 258 g/mol. The van der Waals surface area contributed by atoms with Crippen LogP contribution < -0.4 is 5.32 Å². The van der Waals surface area contributed by atoms with E-state index in [4.69, 9.17) is 21.1 Å². The van der Waals surface area contributed by atoms with E-state index in [0.717, 1.165) is 0 Å². The summed E-state index contributed by atoms with van der Waals surface area (Å²) in [5, 5.41) is 2.79. The standard InChI is InChI=1S/C12H20ClNO4/c1-6-7(2)11(14-8(3)15)12(13)18-10(6)5-17-9(4)16/h6-7,10-12H,5H2,1-4H3,(H,14,15)/t6-,7?,10?,11?,12-/m0/s1. The van der Waals surface area contributed by atoms with E-state index in [-0.39, 0.29) is 42.5 Å². The molecule has 0 aromatic rings. The Balaban J connectivity index is 2.64. The number of halogens is 1. The lowest BCUT2D eigenvalue weighted by Gasteiger charge is -2.42. The predicted molar refractivity (Wildman–Crippen MR) is 67.1 cm³/mol. The smallest absolute Gasteiger partial charge is 0.302 e. The fourth-order valence-corrected chi connectivity index (χ4v) is 2.53. The van der Waals surface area contributed by atoms with Crippen molar-refractivity contribution in [2.45, 2.75) is 45.4 Å². The van der Waals surface area contributed by atoms with Crippen molar-refractivity contribution >= 4 is 23.5 Å². The molecule has 1 heterocycles. The molecule has 5 atom stereocenters. The van der Waals surface area contributed by atoms with Crippen molar-refractivity contribution in [2.24, 2.45) is 11.8 Å². The highest BCUT2D eigenvalue weighted by molar-refractivity contribution is 6.20. The van der Waals surface area contributed by atoms with Crippen LogP contribution in [0.25, 0.3) is 0 Å². The molecule has 0 aromatic carbocycles. The van der Waals surface area contributed by atoms with Gasteiger partial charge in [-0.2, -0.15) is 0 Å². The van der Waals surface area contributed by atoms with E-state index >= 15 is 0 Å². The molecule has 104 valence electrons. The van der Waals surface area contributed by atoms with E-state index in [0.29, 0.717) is 0 Å². The molecule has 0 aromatic heterocycles. The Morgan fingerprint density at radius 1 is 1.28 bits per heavy atom. The molecule has 1 aliphatic heterocycles. The number of hydrogen-bond acceptors (Lipinski definition) is 4. The van der Waals surface area contributed by atoms with Gasteiger partial charge in [0.2, 0.25) is 5.91 Å². The number of alkyl halides is 1. The van der Waals surface area contributed by atoms with Gasteiger partial charge in [-0.15, -0.1) is 0 Å². The van der Waals surface area contributed by atoms with Crippen LogP contribution in [0.3, 0.4) is 0 Å². The molecule has 5 nitrogen and oxygen atoms in total. The Labute approximate surface area is 112 Å². The van der Waals surface area contributed by atoms with E-state index in [1.807, 2.05) is 13.8 Å². The van der Waals surface area contributed by atoms with E-state index in [9.17, 15) is 9.59 Å². The Morgan fingerprint density at radius 3 is 2.39 bits per heavy atom. The summed E-state index contributed by atoms with van der Waals surface area (Å²) < 4.78 is 10.6. The minimum absolute atomic E-state index is 0.133. The number of hydrogen-bond donors (Lipinski definition) is 1. The first-order valence-corrected chi connectivity index (χ1v) is 6.46. The Hall–Kier alpha value is -0.810. The predicted octanol–water partition coefficient (Wildman–Crippen LogP) is 1.29. The first-order valence-electron chi connectivity index (χ1n) is 6.03. The zero-order valence-electron chi connectivity index (χ0n) is 11.1. The van der Waals surface area contributed by atoms with E-state index < -0.39 is 5.56 Å². The van der Waals surface area contributed by atoms with Crippen LogP contribution in [0.2, 0.25) is 0 Å². The maximum absolute atomic E-state index is 11.1. The van der Waals surface area contributed by atoms with Gasteiger partial charge in [-0.25, -0.2) is 0 Å². The van der Waals surface area contributed by atoms with Crippen molar-refractivity contribution < 1.29 is 19.1 Å². The van der Waals surface area contributed by atoms with Crippen LogP contribution in [-0.2, 0) is 19.1 Å². The van der Waals surface area contributed by atoms with Crippen molar-refractivity contribution in [1.29, 1.82) is 0 Å². The van der Waals surface area contributed by atoms with Crippen LogP contribution in [0.5, 0.6) is 0 Å². The molecule has 1 N–H and O–H groups in total. The lowest BCUT2D eigenvalue weighted by atomic mass is 9.83. The van der Waals surface area contributed by atoms with E-state index in [1.165, 1.54) is 13.8 Å². The molecule has 0 radical (unpaired) electrons. The minimum Gasteiger partial charge on any atom is -0.463 e. The topological polar surface area (TPSA) is 64.6 Å². The molecule has 1 rings (SSSR count). The Bertz CT molecular complexity index is 321. The SMILES string of the molecule is CC(=O)NC1C(C)[C@H](C)C(COC(C)=O)O[C@@H]1Cl. The molecule has 6 heteroatoms. The third kappa shape index (κ3) is 3.85. The fourth-order valence-electron chi connectivity index (χ4n) is 2.10. The van der Waals surface area contributed by atoms with E-state index in [1.54, 1.807) is 0 Å². The molecule has 18 heavy (non-hydrogen) atoms. The highest BCUT2D eigenvalue weighted by atomic mass is 35.5. The third-order valence-corrected chi connectivity index (χ3v) is 3.76. The second-order valence-corrected chi connectivity index (χ2v) is 5.20. The first kappa shape index (κ1) is 15.2. The molecule has 1 fully saturated rings. The lowest BCUT2D eigenvalue weighted by Crippen LogP contribution is -2.55. The molecule has 0 saturated carbocycles. The number of carbonyl (C=O) groups is 2. The van der Waals surface area contributed by atoms with Crippen molar-refractivity contribution in [1.82, 2.24) is 5.32 Å². The zero-order chi connectivity index (χ0) is 13.9. The number of rotatable bonds is 3. The maximum atomic E-state index is 11.1. The summed E-state index contributed by atoms with van der Waals surface area (Å²) in [6, 6.07) is -0.229. The lowest BCUT2D eigenvalue weighted by molar-refractivity contribution is -0.155. The van der Waals surface area contributed by atoms with Gasteiger partial charge in [0.05, 0.1) is 12.1 Å². The number of esters is 1. The largest absolute Gasteiger partial charge is 0.463 e. The van der Waals surface area contributed by atoms with Crippen LogP contribution in [0.4, 0.5) is 0 Å². The minimum atomic E-state index is -0.611. The molecule has 3 unspecified atom stereocenters. The van der Waals surface area contributed by atoms with Crippen LogP contribution in [0.15, 0.2) is 0 Å². The molecule has 1 aliphatic rings. The number of ether oxygens (including phenoxy) is 2. The summed E-state index contributed by atoms with van der Waals surface area (Å²) in [5.74, 6) is -0.192. The van der Waals surface area contributed by atoms with Gasteiger partial charge >= 0.3 is 5.97 Å².